The topological polar surface area (TPSA) is 206 Å². The number of fused-ring (bicyclic) bond motifs is 1. The number of hydrogen-bond acceptors (Lipinski definition) is 7. The fourth-order valence-corrected chi connectivity index (χ4v) is 6.86. The number of nitrogens with zero attached hydrogens (tertiary/aromatic N) is 3. The summed E-state index contributed by atoms with van der Waals surface area (Å²) in [5.41, 5.74) is 6.44. The van der Waals surface area contributed by atoms with Gasteiger partial charge in [-0.25, -0.2) is 10.1 Å². The van der Waals surface area contributed by atoms with Crippen molar-refractivity contribution in [1.29, 1.82) is 0 Å². The van der Waals surface area contributed by atoms with Crippen LogP contribution < -0.4 is 21.7 Å². The second-order valence-corrected chi connectivity index (χ2v) is 13.6. The van der Waals surface area contributed by atoms with Crippen LogP contribution in [0, 0.1) is 27.9 Å². The van der Waals surface area contributed by atoms with Crippen LogP contribution in [0.1, 0.15) is 124 Å². The van der Waals surface area contributed by atoms with Crippen LogP contribution in [-0.4, -0.2) is 71.0 Å². The lowest BCUT2D eigenvalue weighted by Crippen LogP contribution is -2.52. The first kappa shape index (κ1) is 39.1. The summed E-state index contributed by atoms with van der Waals surface area (Å²) in [4.78, 5) is 75.8. The van der Waals surface area contributed by atoms with Crippen LogP contribution in [-0.2, 0) is 14.4 Å². The zero-order valence-corrected chi connectivity index (χ0v) is 28.9. The van der Waals surface area contributed by atoms with E-state index in [1.165, 1.54) is 4.90 Å². The Hall–Kier alpha value is -4.36. The summed E-state index contributed by atoms with van der Waals surface area (Å²) in [5, 5.41) is 21.0. The maximum Gasteiger partial charge on any atom is 0.266 e. The molecule has 0 bridgehead atoms. The monoisotopic (exact) mass is 683 g/mol. The molecule has 0 aromatic heterocycles. The van der Waals surface area contributed by atoms with Crippen molar-refractivity contribution in [1.82, 2.24) is 20.9 Å². The average Bonchev–Trinajstić information content (AvgIpc) is 3.67. The largest absolute Gasteiger partial charge is 0.365 e. The predicted octanol–water partition coefficient (Wildman–Crippen LogP) is 3.91. The molecular formula is C35H53N7O7. The van der Waals surface area contributed by atoms with E-state index in [0.29, 0.717) is 43.2 Å². The number of unbranched alkanes of at least 4 members (excludes halogenated alkanes) is 5. The molecule has 0 radical (unpaired) electrons. The number of benzene rings is 1. The quantitative estimate of drug-likeness (QED) is 0.0265. The van der Waals surface area contributed by atoms with Gasteiger partial charge in [-0.1, -0.05) is 70.9 Å². The first-order chi connectivity index (χ1) is 23.5. The van der Waals surface area contributed by atoms with Gasteiger partial charge in [-0.15, -0.1) is 0 Å². The summed E-state index contributed by atoms with van der Waals surface area (Å²) in [6.45, 7) is 4.52. The predicted molar refractivity (Wildman–Crippen MR) is 185 cm³/mol. The van der Waals surface area contributed by atoms with Gasteiger partial charge in [0.05, 0.1) is 17.2 Å². The van der Waals surface area contributed by atoms with Crippen LogP contribution in [0.5, 0.6) is 0 Å². The van der Waals surface area contributed by atoms with Gasteiger partial charge in [-0.05, 0) is 68.9 Å². The number of carbonyl (C=O) groups excluding carboxylic acids is 5. The van der Waals surface area contributed by atoms with Gasteiger partial charge in [-0.3, -0.25) is 24.1 Å². The van der Waals surface area contributed by atoms with E-state index in [4.69, 9.17) is 5.73 Å². The summed E-state index contributed by atoms with van der Waals surface area (Å²) >= 11 is 0. The molecule has 1 aliphatic carbocycles. The number of amides is 4. The lowest BCUT2D eigenvalue weighted by atomic mass is 9.85. The molecule has 1 unspecified atom stereocenters. The van der Waals surface area contributed by atoms with Crippen molar-refractivity contribution in [2.45, 2.75) is 116 Å². The minimum absolute atomic E-state index is 0.165. The maximum atomic E-state index is 13.8. The van der Waals surface area contributed by atoms with Gasteiger partial charge in [0, 0.05) is 19.0 Å². The van der Waals surface area contributed by atoms with Gasteiger partial charge in [0.25, 0.3) is 17.8 Å². The van der Waals surface area contributed by atoms with Gasteiger partial charge in [0.2, 0.25) is 11.8 Å². The van der Waals surface area contributed by atoms with Crippen LogP contribution in [0.4, 0.5) is 0 Å². The zero-order valence-electron chi connectivity index (χ0n) is 28.9. The second-order valence-electron chi connectivity index (χ2n) is 13.6. The minimum atomic E-state index is -0.905. The number of carbonyl (C=O) groups is 5. The van der Waals surface area contributed by atoms with E-state index < -0.39 is 23.0 Å². The van der Waals surface area contributed by atoms with E-state index in [1.54, 1.807) is 24.3 Å². The summed E-state index contributed by atoms with van der Waals surface area (Å²) in [7, 11) is 0. The molecule has 4 amide bonds. The van der Waals surface area contributed by atoms with Crippen molar-refractivity contribution in [3.63, 3.8) is 0 Å². The molecule has 0 saturated heterocycles. The third-order valence-electron chi connectivity index (χ3n) is 9.35. The normalized spacial score (nSPS) is 16.7. The first-order valence-corrected chi connectivity index (χ1v) is 17.7. The third-order valence-corrected chi connectivity index (χ3v) is 9.35. The van der Waals surface area contributed by atoms with E-state index >= 15 is 0 Å². The summed E-state index contributed by atoms with van der Waals surface area (Å²) < 4.78 is 0. The molecule has 1 aromatic rings. The molecule has 5 N–H and O–H groups in total. The highest BCUT2D eigenvalue weighted by Crippen LogP contribution is 2.34. The van der Waals surface area contributed by atoms with Crippen LogP contribution in [0.25, 0.3) is 0 Å². The highest BCUT2D eigenvalue weighted by atomic mass is 16.7. The number of aldehydes is 1. The molecule has 49 heavy (non-hydrogen) atoms. The molecule has 1 aromatic carbocycles. The molecule has 2 aliphatic rings. The van der Waals surface area contributed by atoms with E-state index in [2.05, 4.69) is 21.1 Å². The summed E-state index contributed by atoms with van der Waals surface area (Å²) in [6, 6.07) is 5.35. The van der Waals surface area contributed by atoms with Gasteiger partial charge >= 0.3 is 0 Å². The fraction of sp³-hybridized carbons (Fsp3) is 0.657. The van der Waals surface area contributed by atoms with Crippen LogP contribution in [0.3, 0.4) is 0 Å². The molecule has 0 spiro atoms. The van der Waals surface area contributed by atoms with Crippen molar-refractivity contribution < 1.29 is 29.0 Å². The Morgan fingerprint density at radius 2 is 1.57 bits per heavy atom. The van der Waals surface area contributed by atoms with Crippen LogP contribution in [0.2, 0.25) is 0 Å². The van der Waals surface area contributed by atoms with E-state index in [-0.39, 0.29) is 54.4 Å². The lowest BCUT2D eigenvalue weighted by molar-refractivity contribution is -0.485. The fourth-order valence-electron chi connectivity index (χ4n) is 6.86. The number of nitro groups is 1. The molecule has 14 nitrogen and oxygen atoms in total. The Kier molecular flexibility index (Phi) is 16.1. The van der Waals surface area contributed by atoms with Crippen molar-refractivity contribution in [2.24, 2.45) is 28.6 Å². The number of guanidine groups is 1. The maximum absolute atomic E-state index is 13.8. The molecule has 1 heterocycles. The Morgan fingerprint density at radius 1 is 0.959 bits per heavy atom. The molecule has 1 aliphatic heterocycles. The minimum Gasteiger partial charge on any atom is -0.365 e. The molecule has 3 rings (SSSR count). The number of hydrazone groups is 1. The van der Waals surface area contributed by atoms with Crippen molar-refractivity contribution in [2.75, 3.05) is 13.1 Å². The van der Waals surface area contributed by atoms with Crippen LogP contribution in [0.15, 0.2) is 29.4 Å². The molecular weight excluding hydrogens is 630 g/mol. The van der Waals surface area contributed by atoms with E-state index in [1.807, 2.05) is 13.8 Å². The van der Waals surface area contributed by atoms with Gasteiger partial charge in [-0.2, -0.15) is 0 Å². The Bertz CT molecular complexity index is 1290. The molecule has 3 atom stereocenters. The zero-order chi connectivity index (χ0) is 35.8. The van der Waals surface area contributed by atoms with E-state index in [9.17, 15) is 34.1 Å². The van der Waals surface area contributed by atoms with Crippen molar-refractivity contribution in [3.05, 3.63) is 45.5 Å². The second kappa shape index (κ2) is 20.2. The van der Waals surface area contributed by atoms with Crippen molar-refractivity contribution in [3.8, 4) is 0 Å². The van der Waals surface area contributed by atoms with E-state index in [0.717, 1.165) is 64.2 Å². The molecule has 1 fully saturated rings. The number of imide groups is 1. The van der Waals surface area contributed by atoms with Crippen molar-refractivity contribution >= 4 is 35.9 Å². The van der Waals surface area contributed by atoms with Crippen LogP contribution >= 0.6 is 0 Å². The van der Waals surface area contributed by atoms with Gasteiger partial charge in [0.1, 0.15) is 17.4 Å². The van der Waals surface area contributed by atoms with Gasteiger partial charge < -0.3 is 26.5 Å². The first-order valence-electron chi connectivity index (χ1n) is 17.7. The SMILES string of the molecule is CC(C)C[C@@H](C=O)NC(=O)[C@H](CCCN/C(N)=N/[N+](=O)[O-])NC(=O)C(CCCCCCCCN1C(=O)c2ccccc2C1=O)C1CCCC1. The highest BCUT2D eigenvalue weighted by molar-refractivity contribution is 6.21. The number of hydrogen-bond donors (Lipinski definition) is 4. The lowest BCUT2D eigenvalue weighted by Gasteiger charge is -2.27. The molecule has 14 heteroatoms. The smallest absolute Gasteiger partial charge is 0.266 e. The number of rotatable bonds is 22. The number of nitrogens with two attached hydrogens (primary N) is 1. The van der Waals surface area contributed by atoms with Gasteiger partial charge in [0.15, 0.2) is 5.03 Å². The molecule has 1 saturated carbocycles. The Morgan fingerprint density at radius 3 is 2.16 bits per heavy atom. The average molecular weight is 684 g/mol. The highest BCUT2D eigenvalue weighted by Gasteiger charge is 2.35. The standard InChI is InChI=1S/C35H53N7O7/c1-24(2)22-26(23-43)38-32(45)30(19-13-20-37-35(36)40-42(48)49)39-31(44)27(25-14-8-9-15-25)16-7-5-3-4-6-12-21-41-33(46)28-17-10-11-18-29(28)34(41)47/h10-11,17-18,23-27,30H,3-9,12-16,19-22H2,1-2H3,(H,38,45)(H,39,44)(H3,36,37,40)/t26-,27?,30-/m0/s1. The Labute approximate surface area is 288 Å². The molecule has 270 valence electrons. The third kappa shape index (κ3) is 12.6. The summed E-state index contributed by atoms with van der Waals surface area (Å²) in [6.07, 6.45) is 12.0. The number of nitrogens with one attached hydrogen (secondary N) is 3. The summed E-state index contributed by atoms with van der Waals surface area (Å²) in [5.74, 6) is -1.21. The Balaban J connectivity index is 1.49.